The van der Waals surface area contributed by atoms with Crippen molar-refractivity contribution in [3.63, 3.8) is 0 Å². The average Bonchev–Trinajstić information content (AvgIpc) is 3.44. The SMILES string of the molecule is O=C1CN(CC2CC2)C(=O)N1Cc1cn(Cc2ccccc2)nc1-c1ccccc1. The van der Waals surface area contributed by atoms with Crippen molar-refractivity contribution in [2.75, 3.05) is 13.1 Å². The molecule has 1 aromatic heterocycles. The van der Waals surface area contributed by atoms with Crippen LogP contribution in [-0.2, 0) is 17.9 Å². The summed E-state index contributed by atoms with van der Waals surface area (Å²) >= 11 is 0. The zero-order chi connectivity index (χ0) is 20.5. The largest absolute Gasteiger partial charge is 0.327 e. The first-order valence-corrected chi connectivity index (χ1v) is 10.4. The summed E-state index contributed by atoms with van der Waals surface area (Å²) in [7, 11) is 0. The second-order valence-electron chi connectivity index (χ2n) is 8.14. The van der Waals surface area contributed by atoms with E-state index in [-0.39, 0.29) is 25.0 Å². The summed E-state index contributed by atoms with van der Waals surface area (Å²) < 4.78 is 1.89. The number of carbonyl (C=O) groups is 2. The number of hydrogen-bond acceptors (Lipinski definition) is 3. The molecule has 6 nitrogen and oxygen atoms in total. The minimum Gasteiger partial charge on any atom is -0.315 e. The Morgan fingerprint density at radius 3 is 2.30 bits per heavy atom. The molecule has 3 aromatic rings. The van der Waals surface area contributed by atoms with Crippen molar-refractivity contribution in [2.45, 2.75) is 25.9 Å². The molecular weight excluding hydrogens is 376 g/mol. The van der Waals surface area contributed by atoms with E-state index in [1.807, 2.05) is 59.4 Å². The van der Waals surface area contributed by atoms with Crippen LogP contribution in [0.25, 0.3) is 11.3 Å². The van der Waals surface area contributed by atoms with Crippen molar-refractivity contribution in [2.24, 2.45) is 5.92 Å². The lowest BCUT2D eigenvalue weighted by molar-refractivity contribution is -0.125. The quantitative estimate of drug-likeness (QED) is 0.567. The fourth-order valence-electron chi connectivity index (χ4n) is 3.94. The Morgan fingerprint density at radius 2 is 1.60 bits per heavy atom. The molecule has 30 heavy (non-hydrogen) atoms. The lowest BCUT2D eigenvalue weighted by Gasteiger charge is -2.16. The number of benzene rings is 2. The minimum absolute atomic E-state index is 0.129. The van der Waals surface area contributed by atoms with Gasteiger partial charge in [-0.1, -0.05) is 60.7 Å². The van der Waals surface area contributed by atoms with E-state index >= 15 is 0 Å². The highest BCUT2D eigenvalue weighted by atomic mass is 16.2. The first-order chi connectivity index (χ1) is 14.7. The van der Waals surface area contributed by atoms with Gasteiger partial charge in [-0.15, -0.1) is 0 Å². The van der Waals surface area contributed by atoms with Crippen molar-refractivity contribution < 1.29 is 9.59 Å². The van der Waals surface area contributed by atoms with Crippen molar-refractivity contribution in [3.8, 4) is 11.3 Å². The van der Waals surface area contributed by atoms with Crippen LogP contribution in [0, 0.1) is 5.92 Å². The van der Waals surface area contributed by atoms with E-state index in [4.69, 9.17) is 5.10 Å². The van der Waals surface area contributed by atoms with Gasteiger partial charge in [-0.3, -0.25) is 14.4 Å². The highest BCUT2D eigenvalue weighted by Crippen LogP contribution is 2.31. The van der Waals surface area contributed by atoms with E-state index in [1.165, 1.54) is 4.90 Å². The summed E-state index contributed by atoms with van der Waals surface area (Å²) in [6.07, 6.45) is 4.27. The van der Waals surface area contributed by atoms with Crippen LogP contribution in [0.2, 0.25) is 0 Å². The Bertz CT molecular complexity index is 1060. The molecule has 2 aromatic carbocycles. The van der Waals surface area contributed by atoms with Crippen molar-refractivity contribution in [1.82, 2.24) is 19.6 Å². The van der Waals surface area contributed by atoms with Crippen LogP contribution >= 0.6 is 0 Å². The fraction of sp³-hybridized carbons (Fsp3) is 0.292. The molecule has 0 unspecified atom stereocenters. The Kier molecular flexibility index (Phi) is 4.83. The number of aromatic nitrogens is 2. The van der Waals surface area contributed by atoms with Crippen LogP contribution in [0.4, 0.5) is 4.79 Å². The molecule has 0 bridgehead atoms. The number of hydrogen-bond donors (Lipinski definition) is 0. The molecule has 152 valence electrons. The number of carbonyl (C=O) groups excluding carboxylic acids is 2. The minimum atomic E-state index is -0.179. The van der Waals surface area contributed by atoms with Gasteiger partial charge in [0.15, 0.2) is 0 Å². The maximum atomic E-state index is 12.8. The van der Waals surface area contributed by atoms with Gasteiger partial charge in [0, 0.05) is 23.9 Å². The van der Waals surface area contributed by atoms with Crippen molar-refractivity contribution in [3.05, 3.63) is 78.0 Å². The lowest BCUT2D eigenvalue weighted by atomic mass is 10.1. The third-order valence-corrected chi connectivity index (χ3v) is 5.70. The number of imide groups is 1. The van der Waals surface area contributed by atoms with Gasteiger partial charge < -0.3 is 4.90 Å². The third kappa shape index (κ3) is 3.85. The zero-order valence-electron chi connectivity index (χ0n) is 16.8. The molecule has 5 rings (SSSR count). The molecule has 0 spiro atoms. The van der Waals surface area contributed by atoms with Gasteiger partial charge in [0.2, 0.25) is 0 Å². The second-order valence-corrected chi connectivity index (χ2v) is 8.14. The van der Waals surface area contributed by atoms with E-state index in [2.05, 4.69) is 12.1 Å². The van der Waals surface area contributed by atoms with E-state index in [9.17, 15) is 9.59 Å². The molecule has 0 radical (unpaired) electrons. The summed E-state index contributed by atoms with van der Waals surface area (Å²) in [4.78, 5) is 28.5. The standard InChI is InChI=1S/C24H24N4O2/c29-22-17-26(13-19-11-12-19)24(30)28(22)16-21-15-27(14-18-7-3-1-4-8-18)25-23(21)20-9-5-2-6-10-20/h1-10,15,19H,11-14,16-17H2. The van der Waals surface area contributed by atoms with Crippen molar-refractivity contribution in [1.29, 1.82) is 0 Å². The Balaban J connectivity index is 1.42. The highest BCUT2D eigenvalue weighted by molar-refractivity contribution is 6.02. The third-order valence-electron chi connectivity index (χ3n) is 5.70. The molecule has 6 heteroatoms. The molecule has 1 saturated carbocycles. The van der Waals surface area contributed by atoms with Crippen LogP contribution < -0.4 is 0 Å². The van der Waals surface area contributed by atoms with Crippen molar-refractivity contribution >= 4 is 11.9 Å². The Morgan fingerprint density at radius 1 is 0.900 bits per heavy atom. The van der Waals surface area contributed by atoms with Gasteiger partial charge >= 0.3 is 6.03 Å². The van der Waals surface area contributed by atoms with Crippen LogP contribution in [0.1, 0.15) is 24.0 Å². The van der Waals surface area contributed by atoms with Gasteiger partial charge in [0.25, 0.3) is 5.91 Å². The molecular formula is C24H24N4O2. The van der Waals surface area contributed by atoms with Gasteiger partial charge in [0.05, 0.1) is 18.8 Å². The Hall–Kier alpha value is -3.41. The maximum Gasteiger partial charge on any atom is 0.327 e. The van der Waals surface area contributed by atoms with E-state index in [1.54, 1.807) is 4.90 Å². The first-order valence-electron chi connectivity index (χ1n) is 10.4. The summed E-state index contributed by atoms with van der Waals surface area (Å²) in [6.45, 7) is 1.77. The summed E-state index contributed by atoms with van der Waals surface area (Å²) in [5.41, 5.74) is 3.82. The molecule has 2 fully saturated rings. The molecule has 1 aliphatic heterocycles. The zero-order valence-corrected chi connectivity index (χ0v) is 16.8. The summed E-state index contributed by atoms with van der Waals surface area (Å²) in [5, 5.41) is 4.80. The van der Waals surface area contributed by atoms with Crippen LogP contribution in [0.3, 0.4) is 0 Å². The van der Waals surface area contributed by atoms with E-state index in [0.29, 0.717) is 19.0 Å². The van der Waals surface area contributed by atoms with Gasteiger partial charge in [-0.05, 0) is 24.3 Å². The molecule has 0 N–H and O–H groups in total. The van der Waals surface area contributed by atoms with Gasteiger partial charge in [-0.25, -0.2) is 4.79 Å². The smallest absolute Gasteiger partial charge is 0.315 e. The second kappa shape index (κ2) is 7.78. The number of rotatable bonds is 7. The van der Waals surface area contributed by atoms with E-state index in [0.717, 1.165) is 35.2 Å². The predicted molar refractivity (Wildman–Crippen MR) is 113 cm³/mol. The summed E-state index contributed by atoms with van der Waals surface area (Å²) in [6, 6.07) is 19.9. The molecule has 0 atom stereocenters. The highest BCUT2D eigenvalue weighted by Gasteiger charge is 2.39. The summed E-state index contributed by atoms with van der Waals surface area (Å²) in [5.74, 6) is 0.436. The molecule has 2 aliphatic rings. The van der Waals surface area contributed by atoms with E-state index < -0.39 is 0 Å². The van der Waals surface area contributed by atoms with Gasteiger partial charge in [-0.2, -0.15) is 5.10 Å². The predicted octanol–water partition coefficient (Wildman–Crippen LogP) is 3.77. The number of urea groups is 1. The normalized spacial score (nSPS) is 16.5. The van der Waals surface area contributed by atoms with Crippen LogP contribution in [0.15, 0.2) is 66.9 Å². The van der Waals surface area contributed by atoms with Crippen LogP contribution in [0.5, 0.6) is 0 Å². The topological polar surface area (TPSA) is 58.4 Å². The van der Waals surface area contributed by atoms with Crippen LogP contribution in [-0.4, -0.2) is 44.6 Å². The average molecular weight is 400 g/mol. The molecule has 3 amide bonds. The lowest BCUT2D eigenvalue weighted by Crippen LogP contribution is -2.33. The first kappa shape index (κ1) is 18.6. The Labute approximate surface area is 175 Å². The monoisotopic (exact) mass is 400 g/mol. The number of amides is 3. The fourth-order valence-corrected chi connectivity index (χ4v) is 3.94. The molecule has 1 saturated heterocycles. The molecule has 1 aliphatic carbocycles. The molecule has 2 heterocycles. The van der Waals surface area contributed by atoms with Gasteiger partial charge in [0.1, 0.15) is 6.54 Å². The maximum absolute atomic E-state index is 12.8. The number of nitrogens with zero attached hydrogens (tertiary/aromatic N) is 4.